The number of aromatic nitrogens is 2. The SMILES string of the molecule is CC(C)(C)c1nn(C(C)(C)C)c(N)c1NC(=O)NCCCN1CCOCC1. The molecular weight excluding hydrogens is 344 g/mol. The normalized spacial score (nSPS) is 16.4. The van der Waals surface area contributed by atoms with Crippen LogP contribution in [0.25, 0.3) is 0 Å². The van der Waals surface area contributed by atoms with Gasteiger partial charge in [0, 0.05) is 25.0 Å². The van der Waals surface area contributed by atoms with Gasteiger partial charge in [-0.25, -0.2) is 9.48 Å². The van der Waals surface area contributed by atoms with E-state index in [1.807, 2.05) is 20.8 Å². The van der Waals surface area contributed by atoms with Gasteiger partial charge < -0.3 is 21.1 Å². The molecule has 1 fully saturated rings. The van der Waals surface area contributed by atoms with E-state index in [1.165, 1.54) is 0 Å². The maximum atomic E-state index is 12.4. The third-order valence-electron chi connectivity index (χ3n) is 4.55. The number of nitrogen functional groups attached to an aromatic ring is 1. The topological polar surface area (TPSA) is 97.4 Å². The van der Waals surface area contributed by atoms with Crippen LogP contribution in [0.1, 0.15) is 53.7 Å². The Morgan fingerprint density at radius 3 is 2.37 bits per heavy atom. The Morgan fingerprint density at radius 1 is 1.19 bits per heavy atom. The van der Waals surface area contributed by atoms with Crippen LogP contribution in [-0.2, 0) is 15.7 Å². The van der Waals surface area contributed by atoms with Gasteiger partial charge in [-0.3, -0.25) is 4.90 Å². The quantitative estimate of drug-likeness (QED) is 0.681. The number of carbonyl (C=O) groups is 1. The number of hydrogen-bond donors (Lipinski definition) is 3. The Morgan fingerprint density at radius 2 is 1.81 bits per heavy atom. The number of morpholine rings is 1. The molecule has 154 valence electrons. The first-order chi connectivity index (χ1) is 12.5. The highest BCUT2D eigenvalue weighted by Gasteiger charge is 2.30. The second-order valence-electron chi connectivity index (χ2n) is 9.13. The van der Waals surface area contributed by atoms with E-state index in [0.29, 0.717) is 18.1 Å². The van der Waals surface area contributed by atoms with Crippen LogP contribution in [-0.4, -0.2) is 60.1 Å². The fourth-order valence-electron chi connectivity index (χ4n) is 3.08. The van der Waals surface area contributed by atoms with Gasteiger partial charge in [0.2, 0.25) is 0 Å². The van der Waals surface area contributed by atoms with Crippen LogP contribution < -0.4 is 16.4 Å². The number of urea groups is 1. The van der Waals surface area contributed by atoms with Crippen LogP contribution >= 0.6 is 0 Å². The van der Waals surface area contributed by atoms with Crippen LogP contribution in [0.15, 0.2) is 0 Å². The monoisotopic (exact) mass is 380 g/mol. The Bertz CT molecular complexity index is 636. The molecule has 0 radical (unpaired) electrons. The lowest BCUT2D eigenvalue weighted by Crippen LogP contribution is -2.38. The molecular formula is C19H36N6O2. The van der Waals surface area contributed by atoms with E-state index < -0.39 is 0 Å². The molecule has 0 atom stereocenters. The van der Waals surface area contributed by atoms with Crippen molar-refractivity contribution in [2.45, 2.75) is 58.9 Å². The summed E-state index contributed by atoms with van der Waals surface area (Å²) in [5.41, 5.74) is 7.22. The minimum atomic E-state index is -0.265. The van der Waals surface area contributed by atoms with Crippen LogP contribution in [0.2, 0.25) is 0 Å². The highest BCUT2D eigenvalue weighted by molar-refractivity contribution is 5.93. The highest BCUT2D eigenvalue weighted by Crippen LogP contribution is 2.35. The lowest BCUT2D eigenvalue weighted by molar-refractivity contribution is 0.0375. The molecule has 1 aromatic rings. The molecule has 2 rings (SSSR count). The molecule has 4 N–H and O–H groups in total. The Hall–Kier alpha value is -1.80. The van der Waals surface area contributed by atoms with E-state index in [1.54, 1.807) is 4.68 Å². The van der Waals surface area contributed by atoms with Gasteiger partial charge in [-0.15, -0.1) is 0 Å². The van der Waals surface area contributed by atoms with E-state index in [4.69, 9.17) is 15.6 Å². The number of nitrogens with two attached hydrogens (primary N) is 1. The minimum absolute atomic E-state index is 0.233. The lowest BCUT2D eigenvalue weighted by atomic mass is 9.91. The summed E-state index contributed by atoms with van der Waals surface area (Å²) in [5, 5.41) is 10.5. The Balaban J connectivity index is 1.96. The number of amides is 2. The van der Waals surface area contributed by atoms with Crippen molar-refractivity contribution in [2.75, 3.05) is 50.4 Å². The number of carbonyl (C=O) groups excluding carboxylic acids is 1. The van der Waals surface area contributed by atoms with Crippen LogP contribution in [0.4, 0.5) is 16.3 Å². The zero-order valence-corrected chi connectivity index (χ0v) is 17.7. The van der Waals surface area contributed by atoms with Gasteiger partial charge in [-0.2, -0.15) is 5.10 Å². The number of anilines is 2. The van der Waals surface area contributed by atoms with Gasteiger partial charge >= 0.3 is 6.03 Å². The number of ether oxygens (including phenoxy) is 1. The minimum Gasteiger partial charge on any atom is -0.382 e. The molecule has 0 aromatic carbocycles. The van der Waals surface area contributed by atoms with Crippen LogP contribution in [0.3, 0.4) is 0 Å². The van der Waals surface area contributed by atoms with Gasteiger partial charge in [0.1, 0.15) is 11.5 Å². The number of nitrogens with one attached hydrogen (secondary N) is 2. The van der Waals surface area contributed by atoms with Crippen molar-refractivity contribution in [1.29, 1.82) is 0 Å². The average molecular weight is 381 g/mol. The summed E-state index contributed by atoms with van der Waals surface area (Å²) in [5.74, 6) is 0.482. The largest absolute Gasteiger partial charge is 0.382 e. The third-order valence-corrected chi connectivity index (χ3v) is 4.55. The molecule has 1 aliphatic heterocycles. The fourth-order valence-corrected chi connectivity index (χ4v) is 3.08. The van der Waals surface area contributed by atoms with E-state index in [2.05, 4.69) is 36.3 Å². The fraction of sp³-hybridized carbons (Fsp3) is 0.789. The number of hydrogen-bond acceptors (Lipinski definition) is 5. The van der Waals surface area contributed by atoms with Gasteiger partial charge in [0.05, 0.1) is 24.4 Å². The average Bonchev–Trinajstić information content (AvgIpc) is 2.90. The van der Waals surface area contributed by atoms with Crippen LogP contribution in [0.5, 0.6) is 0 Å². The second kappa shape index (κ2) is 8.48. The van der Waals surface area contributed by atoms with Crippen molar-refractivity contribution in [2.24, 2.45) is 0 Å². The van der Waals surface area contributed by atoms with Gasteiger partial charge in [0.25, 0.3) is 0 Å². The van der Waals surface area contributed by atoms with Crippen LogP contribution in [0, 0.1) is 0 Å². The standard InChI is InChI=1S/C19H36N6O2/c1-18(2,3)15-14(16(20)25(23-15)19(4,5)6)22-17(26)21-8-7-9-24-10-12-27-13-11-24/h7-13,20H2,1-6H3,(H2,21,22,26). The molecule has 2 amide bonds. The predicted molar refractivity (Wildman–Crippen MR) is 109 cm³/mol. The molecule has 8 nitrogen and oxygen atoms in total. The molecule has 8 heteroatoms. The third kappa shape index (κ3) is 5.84. The molecule has 0 spiro atoms. The molecule has 0 unspecified atom stereocenters. The van der Waals surface area contributed by atoms with E-state index in [9.17, 15) is 4.79 Å². The summed E-state index contributed by atoms with van der Waals surface area (Å²) in [6.45, 7) is 17.4. The van der Waals surface area contributed by atoms with Crippen molar-refractivity contribution in [3.05, 3.63) is 5.69 Å². The maximum Gasteiger partial charge on any atom is 0.319 e. The van der Waals surface area contributed by atoms with Crippen molar-refractivity contribution in [1.82, 2.24) is 20.0 Å². The Labute approximate surface area is 162 Å². The summed E-state index contributed by atoms with van der Waals surface area (Å²) in [6, 6.07) is -0.248. The summed E-state index contributed by atoms with van der Waals surface area (Å²) < 4.78 is 7.12. The molecule has 2 heterocycles. The first kappa shape index (κ1) is 21.5. The molecule has 1 saturated heterocycles. The van der Waals surface area contributed by atoms with E-state index >= 15 is 0 Å². The van der Waals surface area contributed by atoms with Gasteiger partial charge in [0.15, 0.2) is 0 Å². The first-order valence-corrected chi connectivity index (χ1v) is 9.74. The first-order valence-electron chi connectivity index (χ1n) is 9.74. The molecule has 0 bridgehead atoms. The van der Waals surface area contributed by atoms with Crippen molar-refractivity contribution < 1.29 is 9.53 Å². The smallest absolute Gasteiger partial charge is 0.319 e. The van der Waals surface area contributed by atoms with Gasteiger partial charge in [-0.05, 0) is 33.7 Å². The lowest BCUT2D eigenvalue weighted by Gasteiger charge is -2.26. The zero-order chi connectivity index (χ0) is 20.2. The Kier molecular flexibility index (Phi) is 6.75. The number of rotatable bonds is 5. The molecule has 0 saturated carbocycles. The summed E-state index contributed by atoms with van der Waals surface area (Å²) in [6.07, 6.45) is 0.899. The molecule has 1 aromatic heterocycles. The molecule has 0 aliphatic carbocycles. The maximum absolute atomic E-state index is 12.4. The summed E-state index contributed by atoms with van der Waals surface area (Å²) in [4.78, 5) is 14.8. The van der Waals surface area contributed by atoms with Crippen molar-refractivity contribution in [3.63, 3.8) is 0 Å². The number of nitrogens with zero attached hydrogens (tertiary/aromatic N) is 3. The van der Waals surface area contributed by atoms with Crippen molar-refractivity contribution in [3.8, 4) is 0 Å². The zero-order valence-electron chi connectivity index (χ0n) is 17.7. The van der Waals surface area contributed by atoms with E-state index in [-0.39, 0.29) is 17.0 Å². The summed E-state index contributed by atoms with van der Waals surface area (Å²) in [7, 11) is 0. The van der Waals surface area contributed by atoms with E-state index in [0.717, 1.165) is 45.0 Å². The summed E-state index contributed by atoms with van der Waals surface area (Å²) >= 11 is 0. The second-order valence-corrected chi connectivity index (χ2v) is 9.13. The predicted octanol–water partition coefficient (Wildman–Crippen LogP) is 2.36. The van der Waals surface area contributed by atoms with Gasteiger partial charge in [-0.1, -0.05) is 20.8 Å². The van der Waals surface area contributed by atoms with Crippen molar-refractivity contribution >= 4 is 17.5 Å². The highest BCUT2D eigenvalue weighted by atomic mass is 16.5. The molecule has 27 heavy (non-hydrogen) atoms. The molecule has 1 aliphatic rings.